The number of esters is 1. The molecule has 0 aliphatic carbocycles. The second-order valence-electron chi connectivity index (χ2n) is 7.40. The van der Waals surface area contributed by atoms with E-state index in [9.17, 15) is 18.0 Å². The van der Waals surface area contributed by atoms with Crippen LogP contribution in [0, 0.1) is 0 Å². The Bertz CT molecular complexity index is 1080. The average molecular weight is 445 g/mol. The number of anilines is 1. The Labute approximate surface area is 181 Å². The number of para-hydroxylation sites is 1. The summed E-state index contributed by atoms with van der Waals surface area (Å²) >= 11 is 0. The van der Waals surface area contributed by atoms with Crippen molar-refractivity contribution in [1.82, 2.24) is 4.31 Å². The summed E-state index contributed by atoms with van der Waals surface area (Å²) in [6.45, 7) is 1.37. The molecule has 0 unspecified atom stereocenters. The molecule has 0 saturated carbocycles. The van der Waals surface area contributed by atoms with Gasteiger partial charge in [-0.3, -0.25) is 4.79 Å². The molecule has 0 atom stereocenters. The first-order chi connectivity index (χ1) is 15.0. The predicted octanol–water partition coefficient (Wildman–Crippen LogP) is 1.84. The van der Waals surface area contributed by atoms with E-state index in [0.717, 1.165) is 24.1 Å². The van der Waals surface area contributed by atoms with Crippen molar-refractivity contribution in [1.29, 1.82) is 0 Å². The number of fused-ring (bicyclic) bond motifs is 1. The van der Waals surface area contributed by atoms with Crippen LogP contribution < -0.4 is 4.90 Å². The first-order valence-electron chi connectivity index (χ1n) is 10.2. The highest BCUT2D eigenvalue weighted by Crippen LogP contribution is 2.26. The topological polar surface area (TPSA) is 93.2 Å². The number of rotatable bonds is 5. The van der Waals surface area contributed by atoms with Crippen molar-refractivity contribution in [3.63, 3.8) is 0 Å². The summed E-state index contributed by atoms with van der Waals surface area (Å²) in [4.78, 5) is 26.8. The van der Waals surface area contributed by atoms with Gasteiger partial charge in [0.15, 0.2) is 6.61 Å². The molecule has 0 aromatic heterocycles. The average Bonchev–Trinajstić information content (AvgIpc) is 2.82. The summed E-state index contributed by atoms with van der Waals surface area (Å²) in [5.41, 5.74) is 2.02. The van der Waals surface area contributed by atoms with Crippen LogP contribution in [0.5, 0.6) is 0 Å². The highest BCUT2D eigenvalue weighted by Gasteiger charge is 2.27. The summed E-state index contributed by atoms with van der Waals surface area (Å²) in [5, 5.41) is 0. The van der Waals surface area contributed by atoms with Gasteiger partial charge in [-0.05, 0) is 42.7 Å². The van der Waals surface area contributed by atoms with Gasteiger partial charge in [0.2, 0.25) is 10.0 Å². The van der Waals surface area contributed by atoms with Gasteiger partial charge >= 0.3 is 5.97 Å². The van der Waals surface area contributed by atoms with E-state index < -0.39 is 22.6 Å². The van der Waals surface area contributed by atoms with Crippen LogP contribution >= 0.6 is 0 Å². The minimum Gasteiger partial charge on any atom is -0.452 e. The number of nitrogens with zero attached hydrogens (tertiary/aromatic N) is 2. The summed E-state index contributed by atoms with van der Waals surface area (Å²) in [5.74, 6) is -1.05. The van der Waals surface area contributed by atoms with E-state index in [4.69, 9.17) is 9.47 Å². The zero-order chi connectivity index (χ0) is 21.8. The van der Waals surface area contributed by atoms with Crippen molar-refractivity contribution in [3.05, 3.63) is 59.7 Å². The molecule has 2 aliphatic rings. The van der Waals surface area contributed by atoms with Crippen molar-refractivity contribution in [3.8, 4) is 0 Å². The number of morpholine rings is 1. The van der Waals surface area contributed by atoms with E-state index in [1.165, 1.54) is 28.6 Å². The van der Waals surface area contributed by atoms with E-state index in [1.54, 1.807) is 4.90 Å². The number of ether oxygens (including phenoxy) is 2. The Balaban J connectivity index is 1.43. The van der Waals surface area contributed by atoms with Crippen LogP contribution in [-0.2, 0) is 30.7 Å². The molecule has 0 spiro atoms. The van der Waals surface area contributed by atoms with Gasteiger partial charge in [0, 0.05) is 25.3 Å². The Morgan fingerprint density at radius 3 is 2.58 bits per heavy atom. The lowest BCUT2D eigenvalue weighted by atomic mass is 10.0. The third-order valence-corrected chi connectivity index (χ3v) is 7.31. The lowest BCUT2D eigenvalue weighted by Crippen LogP contribution is -2.40. The molecular weight excluding hydrogens is 420 g/mol. The number of hydrogen-bond acceptors (Lipinski definition) is 6. The molecule has 164 valence electrons. The maximum Gasteiger partial charge on any atom is 0.338 e. The normalized spacial score (nSPS) is 17.1. The molecule has 1 saturated heterocycles. The van der Waals surface area contributed by atoms with Gasteiger partial charge in [0.1, 0.15) is 0 Å². The van der Waals surface area contributed by atoms with Crippen molar-refractivity contribution in [2.45, 2.75) is 17.7 Å². The summed E-state index contributed by atoms with van der Waals surface area (Å²) in [7, 11) is -3.73. The fraction of sp³-hybridized carbons (Fsp3) is 0.364. The quantitative estimate of drug-likeness (QED) is 0.654. The molecule has 1 amide bonds. The third kappa shape index (κ3) is 4.63. The maximum absolute atomic E-state index is 12.8. The SMILES string of the molecule is O=C(OCC(=O)N1CCCc2ccccc21)c1cccc(S(=O)(=O)N2CCOCC2)c1. The lowest BCUT2D eigenvalue weighted by Gasteiger charge is -2.29. The zero-order valence-electron chi connectivity index (χ0n) is 17.0. The fourth-order valence-electron chi connectivity index (χ4n) is 3.80. The van der Waals surface area contributed by atoms with E-state index in [-0.39, 0.29) is 29.5 Å². The van der Waals surface area contributed by atoms with Crippen LogP contribution in [0.4, 0.5) is 5.69 Å². The molecule has 31 heavy (non-hydrogen) atoms. The Hall–Kier alpha value is -2.75. The van der Waals surface area contributed by atoms with Crippen LogP contribution in [0.25, 0.3) is 0 Å². The summed E-state index contributed by atoms with van der Waals surface area (Å²) in [6, 6.07) is 13.4. The van der Waals surface area contributed by atoms with Crippen LogP contribution in [-0.4, -0.2) is 64.1 Å². The molecule has 1 fully saturated rings. The Morgan fingerprint density at radius 1 is 1.00 bits per heavy atom. The second kappa shape index (κ2) is 9.17. The van der Waals surface area contributed by atoms with Crippen molar-refractivity contribution < 1.29 is 27.5 Å². The number of sulfonamides is 1. The molecule has 8 nitrogen and oxygen atoms in total. The zero-order valence-corrected chi connectivity index (χ0v) is 17.8. The molecule has 4 rings (SSSR count). The van der Waals surface area contributed by atoms with Crippen molar-refractivity contribution in [2.75, 3.05) is 44.4 Å². The monoisotopic (exact) mass is 444 g/mol. The number of benzene rings is 2. The van der Waals surface area contributed by atoms with E-state index >= 15 is 0 Å². The van der Waals surface area contributed by atoms with E-state index in [0.29, 0.717) is 19.8 Å². The first kappa shape index (κ1) is 21.5. The highest BCUT2D eigenvalue weighted by atomic mass is 32.2. The lowest BCUT2D eigenvalue weighted by molar-refractivity contribution is -0.121. The fourth-order valence-corrected chi connectivity index (χ4v) is 5.26. The minimum atomic E-state index is -3.73. The van der Waals surface area contributed by atoms with Gasteiger partial charge < -0.3 is 14.4 Å². The maximum atomic E-state index is 12.8. The molecular formula is C22H24N2O6S. The molecule has 0 N–H and O–H groups in total. The molecule has 0 radical (unpaired) electrons. The number of hydrogen-bond donors (Lipinski definition) is 0. The van der Waals surface area contributed by atoms with Crippen molar-refractivity contribution in [2.24, 2.45) is 0 Å². The van der Waals surface area contributed by atoms with Crippen LogP contribution in [0.2, 0.25) is 0 Å². The van der Waals surface area contributed by atoms with Crippen LogP contribution in [0.15, 0.2) is 53.4 Å². The van der Waals surface area contributed by atoms with Gasteiger partial charge in [-0.15, -0.1) is 0 Å². The molecule has 2 aromatic carbocycles. The first-order valence-corrected chi connectivity index (χ1v) is 11.6. The van der Waals surface area contributed by atoms with Crippen LogP contribution in [0.3, 0.4) is 0 Å². The largest absolute Gasteiger partial charge is 0.452 e. The van der Waals surface area contributed by atoms with E-state index in [1.807, 2.05) is 24.3 Å². The Kier molecular flexibility index (Phi) is 6.35. The summed E-state index contributed by atoms with van der Waals surface area (Å²) in [6.07, 6.45) is 1.75. The van der Waals surface area contributed by atoms with Gasteiger partial charge in [-0.25, -0.2) is 13.2 Å². The summed E-state index contributed by atoms with van der Waals surface area (Å²) < 4.78 is 37.4. The predicted molar refractivity (Wildman–Crippen MR) is 113 cm³/mol. The van der Waals surface area contributed by atoms with Crippen molar-refractivity contribution >= 4 is 27.6 Å². The molecule has 2 aromatic rings. The van der Waals surface area contributed by atoms with E-state index in [2.05, 4.69) is 0 Å². The van der Waals surface area contributed by atoms with Gasteiger partial charge in [-0.1, -0.05) is 24.3 Å². The molecule has 2 heterocycles. The molecule has 0 bridgehead atoms. The number of carbonyl (C=O) groups excluding carboxylic acids is 2. The van der Waals surface area contributed by atoms with Gasteiger partial charge in [0.25, 0.3) is 5.91 Å². The van der Waals surface area contributed by atoms with Crippen LogP contribution in [0.1, 0.15) is 22.3 Å². The Morgan fingerprint density at radius 2 is 1.77 bits per heavy atom. The minimum absolute atomic E-state index is 0.0140. The smallest absolute Gasteiger partial charge is 0.338 e. The molecule has 2 aliphatic heterocycles. The van der Waals surface area contributed by atoms with Gasteiger partial charge in [-0.2, -0.15) is 4.31 Å². The second-order valence-corrected chi connectivity index (χ2v) is 9.34. The third-order valence-electron chi connectivity index (χ3n) is 5.42. The highest BCUT2D eigenvalue weighted by molar-refractivity contribution is 7.89. The number of carbonyl (C=O) groups is 2. The standard InChI is InChI=1S/C22H24N2O6S/c25-21(24-10-4-7-17-5-1-2-9-20(17)24)16-30-22(26)18-6-3-8-19(15-18)31(27,28)23-11-13-29-14-12-23/h1-3,5-6,8-9,15H,4,7,10-14,16H2. The van der Waals surface area contributed by atoms with Gasteiger partial charge in [0.05, 0.1) is 23.7 Å². The number of aryl methyl sites for hydroxylation is 1. The molecule has 9 heteroatoms. The number of amides is 1.